The molecule has 1 amide bonds. The highest BCUT2D eigenvalue weighted by molar-refractivity contribution is 7.04. The van der Waals surface area contributed by atoms with Crippen LogP contribution in [0.15, 0.2) is 33.2 Å². The Morgan fingerprint density at radius 3 is 2.81 bits per heavy atom. The Balaban J connectivity index is 1.99. The number of rotatable bonds is 5. The van der Waals surface area contributed by atoms with Crippen molar-refractivity contribution in [3.63, 3.8) is 0 Å². The van der Waals surface area contributed by atoms with E-state index in [2.05, 4.69) is 9.69 Å². The number of nitrogens with zero attached hydrogens (tertiary/aromatic N) is 3. The lowest BCUT2D eigenvalue weighted by molar-refractivity contribution is -0.116. The number of fused-ring (bicyclic) bond motifs is 1. The summed E-state index contributed by atoms with van der Waals surface area (Å²) < 4.78 is 6.49. The molecule has 2 aromatic heterocycles. The summed E-state index contributed by atoms with van der Waals surface area (Å²) in [6, 6.07) is 5.21. The van der Waals surface area contributed by atoms with Gasteiger partial charge in [-0.1, -0.05) is 24.6 Å². The molecule has 0 atom stereocenters. The molecule has 0 saturated carbocycles. The first-order valence-electron chi connectivity index (χ1n) is 8.06. The minimum absolute atomic E-state index is 0.204. The minimum Gasteiger partial charge on any atom is -0.324 e. The van der Waals surface area contributed by atoms with Crippen LogP contribution in [0.4, 0.5) is 5.69 Å². The molecule has 0 radical (unpaired) electrons. The van der Waals surface area contributed by atoms with Crippen LogP contribution in [0, 0.1) is 6.92 Å². The highest BCUT2D eigenvalue weighted by atomic mass is 35.5. The number of amides is 1. The zero-order valence-corrected chi connectivity index (χ0v) is 15.9. The van der Waals surface area contributed by atoms with E-state index in [0.717, 1.165) is 21.7 Å². The van der Waals surface area contributed by atoms with Crippen LogP contribution < -0.4 is 16.6 Å². The second-order valence-electron chi connectivity index (χ2n) is 5.83. The third-order valence-electron chi connectivity index (χ3n) is 4.04. The van der Waals surface area contributed by atoms with Crippen LogP contribution in [-0.2, 0) is 17.9 Å². The van der Waals surface area contributed by atoms with Gasteiger partial charge in [0.05, 0.1) is 5.52 Å². The minimum atomic E-state index is -0.512. The van der Waals surface area contributed by atoms with E-state index in [4.69, 9.17) is 11.6 Å². The summed E-state index contributed by atoms with van der Waals surface area (Å²) in [6.07, 6.45) is 0.624. The molecule has 0 unspecified atom stereocenters. The monoisotopic (exact) mass is 392 g/mol. The van der Waals surface area contributed by atoms with Crippen molar-refractivity contribution in [2.24, 2.45) is 0 Å². The van der Waals surface area contributed by atoms with Crippen molar-refractivity contribution in [1.29, 1.82) is 0 Å². The fraction of sp³-hybridized carbons (Fsp3) is 0.294. The third-order valence-corrected chi connectivity index (χ3v) is 5.07. The van der Waals surface area contributed by atoms with E-state index in [0.29, 0.717) is 22.6 Å². The summed E-state index contributed by atoms with van der Waals surface area (Å²) in [5, 5.41) is 4.91. The zero-order chi connectivity index (χ0) is 18.8. The Morgan fingerprint density at radius 1 is 1.31 bits per heavy atom. The molecule has 0 fully saturated rings. The molecule has 1 N–H and O–H groups in total. The maximum Gasteiger partial charge on any atom is 0.332 e. The van der Waals surface area contributed by atoms with Gasteiger partial charge < -0.3 is 5.32 Å². The molecule has 26 heavy (non-hydrogen) atoms. The highest BCUT2D eigenvalue weighted by Crippen LogP contribution is 2.23. The third kappa shape index (κ3) is 3.30. The molecule has 0 bridgehead atoms. The summed E-state index contributed by atoms with van der Waals surface area (Å²) in [6.45, 7) is 3.73. The number of halogens is 1. The summed E-state index contributed by atoms with van der Waals surface area (Å²) in [5.41, 5.74) is 0.966. The van der Waals surface area contributed by atoms with Crippen LogP contribution in [0.5, 0.6) is 0 Å². The number of carbonyl (C=O) groups is 1. The number of anilines is 1. The molecule has 0 aliphatic heterocycles. The molecule has 3 aromatic rings. The van der Waals surface area contributed by atoms with Crippen molar-refractivity contribution in [2.45, 2.75) is 33.4 Å². The lowest BCUT2D eigenvalue weighted by Crippen LogP contribution is -2.41. The first kappa shape index (κ1) is 18.3. The van der Waals surface area contributed by atoms with Gasteiger partial charge in [-0.15, -0.1) is 0 Å². The van der Waals surface area contributed by atoms with E-state index in [1.807, 2.05) is 6.92 Å². The molecular weight excluding hydrogens is 376 g/mol. The Bertz CT molecular complexity index is 1100. The smallest absolute Gasteiger partial charge is 0.324 e. The van der Waals surface area contributed by atoms with Gasteiger partial charge in [0.25, 0.3) is 5.56 Å². The van der Waals surface area contributed by atoms with Crippen LogP contribution in [0.25, 0.3) is 11.0 Å². The lowest BCUT2D eigenvalue weighted by Gasteiger charge is -2.13. The topological polar surface area (TPSA) is 86.0 Å². The second-order valence-corrected chi connectivity index (χ2v) is 6.87. The molecule has 2 heterocycles. The maximum atomic E-state index is 12.7. The normalized spacial score (nSPS) is 11.0. The zero-order valence-electron chi connectivity index (χ0n) is 14.3. The van der Waals surface area contributed by atoms with Gasteiger partial charge in [-0.25, -0.2) is 4.79 Å². The average Bonchev–Trinajstić information content (AvgIpc) is 3.09. The molecule has 0 spiro atoms. The predicted octanol–water partition coefficient (Wildman–Crippen LogP) is 2.63. The maximum absolute atomic E-state index is 12.7. The molecular formula is C17H17ClN4O3S. The largest absolute Gasteiger partial charge is 0.332 e. The summed E-state index contributed by atoms with van der Waals surface area (Å²) in [4.78, 5) is 37.6. The quantitative estimate of drug-likeness (QED) is 0.723. The van der Waals surface area contributed by atoms with E-state index in [1.165, 1.54) is 4.57 Å². The van der Waals surface area contributed by atoms with Crippen LogP contribution >= 0.6 is 23.1 Å². The van der Waals surface area contributed by atoms with Crippen LogP contribution in [0.3, 0.4) is 0 Å². The summed E-state index contributed by atoms with van der Waals surface area (Å²) >= 11 is 7.15. The molecule has 0 aliphatic rings. The summed E-state index contributed by atoms with van der Waals surface area (Å²) in [7, 11) is 0. The highest BCUT2D eigenvalue weighted by Gasteiger charge is 2.17. The van der Waals surface area contributed by atoms with E-state index in [1.54, 1.807) is 30.5 Å². The predicted molar refractivity (Wildman–Crippen MR) is 103 cm³/mol. The van der Waals surface area contributed by atoms with Gasteiger partial charge in [-0.2, -0.15) is 4.37 Å². The van der Waals surface area contributed by atoms with Crippen LogP contribution in [0.1, 0.15) is 18.9 Å². The Hall–Kier alpha value is -2.45. The number of nitrogens with one attached hydrogen (secondary N) is 1. The van der Waals surface area contributed by atoms with E-state index in [9.17, 15) is 14.4 Å². The van der Waals surface area contributed by atoms with Crippen molar-refractivity contribution in [1.82, 2.24) is 13.5 Å². The van der Waals surface area contributed by atoms with Crippen molar-refractivity contribution in [3.8, 4) is 0 Å². The van der Waals surface area contributed by atoms with Crippen molar-refractivity contribution in [2.75, 3.05) is 5.32 Å². The van der Waals surface area contributed by atoms with Gasteiger partial charge in [-0.05, 0) is 42.6 Å². The SMILES string of the molecule is CCCn1c(=O)c2nscc2n(CC(=O)Nc2cccc(Cl)c2C)c1=O. The van der Waals surface area contributed by atoms with Crippen LogP contribution in [-0.4, -0.2) is 19.4 Å². The van der Waals surface area contributed by atoms with Gasteiger partial charge in [0, 0.05) is 22.6 Å². The Morgan fingerprint density at radius 2 is 2.08 bits per heavy atom. The molecule has 9 heteroatoms. The number of carbonyl (C=O) groups excluding carboxylic acids is 1. The molecule has 0 saturated heterocycles. The van der Waals surface area contributed by atoms with Gasteiger partial charge >= 0.3 is 5.69 Å². The first-order valence-corrected chi connectivity index (χ1v) is 9.28. The van der Waals surface area contributed by atoms with Gasteiger partial charge in [0.1, 0.15) is 6.54 Å². The van der Waals surface area contributed by atoms with Crippen molar-refractivity contribution >= 4 is 45.8 Å². The number of aromatic nitrogens is 3. The van der Waals surface area contributed by atoms with Gasteiger partial charge in [0.15, 0.2) is 5.52 Å². The van der Waals surface area contributed by atoms with E-state index >= 15 is 0 Å². The first-order chi connectivity index (χ1) is 12.4. The van der Waals surface area contributed by atoms with Crippen molar-refractivity contribution < 1.29 is 4.79 Å². The summed E-state index contributed by atoms with van der Waals surface area (Å²) in [5.74, 6) is -0.383. The molecule has 3 rings (SSSR count). The number of benzene rings is 1. The lowest BCUT2D eigenvalue weighted by atomic mass is 10.2. The average molecular weight is 393 g/mol. The van der Waals surface area contributed by atoms with E-state index < -0.39 is 11.2 Å². The molecule has 136 valence electrons. The number of hydrogen-bond acceptors (Lipinski definition) is 5. The molecule has 1 aromatic carbocycles. The second kappa shape index (κ2) is 7.43. The molecule has 0 aliphatic carbocycles. The Kier molecular flexibility index (Phi) is 5.24. The fourth-order valence-corrected chi connectivity index (χ4v) is 3.53. The standard InChI is InChI=1S/C17H17ClN4O3S/c1-3-7-21-16(24)15-13(9-26-20-15)22(17(21)25)8-14(23)19-12-6-4-5-11(18)10(12)2/h4-6,9H,3,7-8H2,1-2H3,(H,19,23). The Labute approximate surface area is 158 Å². The fourth-order valence-electron chi connectivity index (χ4n) is 2.68. The van der Waals surface area contributed by atoms with Crippen LogP contribution in [0.2, 0.25) is 5.02 Å². The van der Waals surface area contributed by atoms with Crippen molar-refractivity contribution in [3.05, 3.63) is 55.0 Å². The van der Waals surface area contributed by atoms with Gasteiger partial charge in [0.2, 0.25) is 5.91 Å². The number of hydrogen-bond donors (Lipinski definition) is 1. The molecule has 7 nitrogen and oxygen atoms in total. The van der Waals surface area contributed by atoms with E-state index in [-0.39, 0.29) is 24.5 Å². The van der Waals surface area contributed by atoms with Gasteiger partial charge in [-0.3, -0.25) is 18.7 Å².